The molecule has 4 nitrogen and oxygen atoms in total. The fourth-order valence-electron chi connectivity index (χ4n) is 1.89. The van der Waals surface area contributed by atoms with Crippen LogP contribution in [-0.4, -0.2) is 22.6 Å². The lowest BCUT2D eigenvalue weighted by atomic mass is 10.1. The summed E-state index contributed by atoms with van der Waals surface area (Å²) in [7, 11) is 3.59. The highest BCUT2D eigenvalue weighted by atomic mass is 32.2. The molecule has 102 valence electrons. The molecule has 2 rings (SSSR count). The molecule has 0 spiro atoms. The summed E-state index contributed by atoms with van der Waals surface area (Å²) in [4.78, 5) is 1.13. The summed E-state index contributed by atoms with van der Waals surface area (Å²) in [6.45, 7) is 2.06. The zero-order chi connectivity index (χ0) is 13.8. The second kappa shape index (κ2) is 6.12. The Bertz CT molecular complexity index is 553. The quantitative estimate of drug-likeness (QED) is 0.853. The number of methoxy groups -OCH3 is 1. The van der Waals surface area contributed by atoms with Crippen molar-refractivity contribution in [3.05, 3.63) is 41.7 Å². The molecule has 19 heavy (non-hydrogen) atoms. The smallest absolute Gasteiger partial charge is 0.123 e. The predicted molar refractivity (Wildman–Crippen MR) is 78.6 cm³/mol. The number of thioether (sulfide) groups is 1. The third-order valence-electron chi connectivity index (χ3n) is 2.90. The van der Waals surface area contributed by atoms with Gasteiger partial charge in [-0.1, -0.05) is 17.7 Å². The topological polar surface area (TPSA) is 53.1 Å². The fraction of sp³-hybridized carbons (Fsp3) is 0.357. The van der Waals surface area contributed by atoms with Gasteiger partial charge in [-0.25, -0.2) is 0 Å². The van der Waals surface area contributed by atoms with Crippen LogP contribution in [-0.2, 0) is 7.05 Å². The molecule has 0 aliphatic heterocycles. The van der Waals surface area contributed by atoms with Crippen LogP contribution in [0.2, 0.25) is 0 Å². The van der Waals surface area contributed by atoms with E-state index in [1.54, 1.807) is 23.6 Å². The lowest BCUT2D eigenvalue weighted by Gasteiger charge is -2.15. The molecule has 0 aliphatic rings. The second-order valence-electron chi connectivity index (χ2n) is 4.51. The van der Waals surface area contributed by atoms with Crippen LogP contribution in [0.25, 0.3) is 0 Å². The lowest BCUT2D eigenvalue weighted by molar-refractivity contribution is 0.407. The normalized spacial score (nSPS) is 12.4. The van der Waals surface area contributed by atoms with E-state index in [1.807, 2.05) is 31.6 Å². The van der Waals surface area contributed by atoms with Crippen LogP contribution >= 0.6 is 11.8 Å². The SMILES string of the molecule is COc1ccc(C)cc1C(N)CSc1cnn(C)c1. The van der Waals surface area contributed by atoms with Crippen molar-refractivity contribution in [3.8, 4) is 5.75 Å². The molecule has 0 fully saturated rings. The summed E-state index contributed by atoms with van der Waals surface area (Å²) in [6.07, 6.45) is 3.84. The summed E-state index contributed by atoms with van der Waals surface area (Å²) in [5.41, 5.74) is 8.51. The van der Waals surface area contributed by atoms with Crippen molar-refractivity contribution < 1.29 is 4.74 Å². The lowest BCUT2D eigenvalue weighted by Crippen LogP contribution is -2.14. The Balaban J connectivity index is 2.06. The minimum Gasteiger partial charge on any atom is -0.496 e. The molecule has 1 aromatic heterocycles. The highest BCUT2D eigenvalue weighted by Gasteiger charge is 2.13. The first-order valence-electron chi connectivity index (χ1n) is 6.11. The summed E-state index contributed by atoms with van der Waals surface area (Å²) in [5.74, 6) is 1.65. The van der Waals surface area contributed by atoms with E-state index in [-0.39, 0.29) is 6.04 Å². The van der Waals surface area contributed by atoms with Gasteiger partial charge in [-0.05, 0) is 13.0 Å². The Morgan fingerprint density at radius 3 is 2.89 bits per heavy atom. The third-order valence-corrected chi connectivity index (χ3v) is 3.97. The van der Waals surface area contributed by atoms with Gasteiger partial charge in [-0.2, -0.15) is 5.10 Å². The van der Waals surface area contributed by atoms with Crippen LogP contribution < -0.4 is 10.5 Å². The molecule has 0 saturated carbocycles. The second-order valence-corrected chi connectivity index (χ2v) is 5.61. The van der Waals surface area contributed by atoms with Crippen LogP contribution in [0, 0.1) is 6.92 Å². The third kappa shape index (κ3) is 3.52. The Labute approximate surface area is 117 Å². The summed E-state index contributed by atoms with van der Waals surface area (Å²) >= 11 is 1.71. The molecule has 2 N–H and O–H groups in total. The average molecular weight is 277 g/mol. The van der Waals surface area contributed by atoms with Crippen LogP contribution in [0.4, 0.5) is 0 Å². The predicted octanol–water partition coefficient (Wildman–Crippen LogP) is 2.53. The van der Waals surface area contributed by atoms with Gasteiger partial charge in [-0.3, -0.25) is 4.68 Å². The Morgan fingerprint density at radius 1 is 1.47 bits per heavy atom. The molecule has 1 heterocycles. The zero-order valence-corrected chi connectivity index (χ0v) is 12.3. The Kier molecular flexibility index (Phi) is 4.50. The van der Waals surface area contributed by atoms with Crippen LogP contribution in [0.5, 0.6) is 5.75 Å². The van der Waals surface area contributed by atoms with E-state index in [2.05, 4.69) is 18.1 Å². The molecular weight excluding hydrogens is 258 g/mol. The minimum absolute atomic E-state index is 0.0555. The van der Waals surface area contributed by atoms with Gasteiger partial charge < -0.3 is 10.5 Å². The summed E-state index contributed by atoms with van der Waals surface area (Å²) < 4.78 is 7.16. The van der Waals surface area contributed by atoms with Gasteiger partial charge in [0, 0.05) is 35.5 Å². The van der Waals surface area contributed by atoms with Gasteiger partial charge in [0.05, 0.1) is 13.3 Å². The fourth-order valence-corrected chi connectivity index (χ4v) is 2.79. The van der Waals surface area contributed by atoms with E-state index in [0.717, 1.165) is 22.0 Å². The van der Waals surface area contributed by atoms with E-state index < -0.39 is 0 Å². The van der Waals surface area contributed by atoms with Crippen molar-refractivity contribution >= 4 is 11.8 Å². The maximum absolute atomic E-state index is 6.27. The summed E-state index contributed by atoms with van der Waals surface area (Å²) in [6, 6.07) is 6.04. The number of nitrogens with two attached hydrogens (primary N) is 1. The first-order valence-corrected chi connectivity index (χ1v) is 7.10. The van der Waals surface area contributed by atoms with Gasteiger partial charge in [0.2, 0.25) is 0 Å². The maximum atomic E-state index is 6.27. The van der Waals surface area contributed by atoms with Gasteiger partial charge in [0.25, 0.3) is 0 Å². The van der Waals surface area contributed by atoms with Crippen molar-refractivity contribution in [2.45, 2.75) is 17.9 Å². The first-order chi connectivity index (χ1) is 9.10. The van der Waals surface area contributed by atoms with Crippen molar-refractivity contribution in [2.75, 3.05) is 12.9 Å². The highest BCUT2D eigenvalue weighted by molar-refractivity contribution is 7.99. The number of ether oxygens (including phenoxy) is 1. The highest BCUT2D eigenvalue weighted by Crippen LogP contribution is 2.29. The minimum atomic E-state index is -0.0555. The van der Waals surface area contributed by atoms with Gasteiger partial charge in [0.15, 0.2) is 0 Å². The molecule has 1 atom stereocenters. The van der Waals surface area contributed by atoms with E-state index in [9.17, 15) is 0 Å². The van der Waals surface area contributed by atoms with Gasteiger partial charge in [0.1, 0.15) is 5.75 Å². The van der Waals surface area contributed by atoms with E-state index in [0.29, 0.717) is 0 Å². The largest absolute Gasteiger partial charge is 0.496 e. The number of aryl methyl sites for hydroxylation is 2. The zero-order valence-electron chi connectivity index (χ0n) is 11.5. The Hall–Kier alpha value is -1.46. The van der Waals surface area contributed by atoms with Crippen LogP contribution in [0.1, 0.15) is 17.2 Å². The number of aromatic nitrogens is 2. The van der Waals surface area contributed by atoms with Crippen LogP contribution in [0.15, 0.2) is 35.5 Å². The number of rotatable bonds is 5. The standard InChI is InChI=1S/C14H19N3OS/c1-10-4-5-14(18-3)12(6-10)13(15)9-19-11-7-16-17(2)8-11/h4-8,13H,9,15H2,1-3H3. The maximum Gasteiger partial charge on any atom is 0.123 e. The van der Waals surface area contributed by atoms with Crippen molar-refractivity contribution in [3.63, 3.8) is 0 Å². The van der Waals surface area contributed by atoms with Crippen LogP contribution in [0.3, 0.4) is 0 Å². The van der Waals surface area contributed by atoms with E-state index in [1.165, 1.54) is 5.56 Å². The molecule has 0 aliphatic carbocycles. The first kappa shape index (κ1) is 14.0. The molecule has 1 unspecified atom stereocenters. The van der Waals surface area contributed by atoms with Crippen molar-refractivity contribution in [1.29, 1.82) is 0 Å². The molecule has 0 saturated heterocycles. The number of hydrogen-bond acceptors (Lipinski definition) is 4. The molecule has 0 bridgehead atoms. The summed E-state index contributed by atoms with van der Waals surface area (Å²) in [5, 5.41) is 4.15. The average Bonchev–Trinajstić information content (AvgIpc) is 2.81. The van der Waals surface area contributed by atoms with Gasteiger partial charge in [-0.15, -0.1) is 11.8 Å². The van der Waals surface area contributed by atoms with E-state index >= 15 is 0 Å². The molecule has 2 aromatic rings. The molecule has 0 radical (unpaired) electrons. The number of hydrogen-bond donors (Lipinski definition) is 1. The van der Waals surface area contributed by atoms with Gasteiger partial charge >= 0.3 is 0 Å². The van der Waals surface area contributed by atoms with E-state index in [4.69, 9.17) is 10.5 Å². The van der Waals surface area contributed by atoms with Crippen molar-refractivity contribution in [1.82, 2.24) is 9.78 Å². The number of benzene rings is 1. The molecular formula is C14H19N3OS. The molecule has 0 amide bonds. The van der Waals surface area contributed by atoms with Crippen molar-refractivity contribution in [2.24, 2.45) is 12.8 Å². The molecule has 5 heteroatoms. The Morgan fingerprint density at radius 2 is 2.26 bits per heavy atom. The number of nitrogens with zero attached hydrogens (tertiary/aromatic N) is 2. The molecule has 1 aromatic carbocycles. The monoisotopic (exact) mass is 277 g/mol.